The first kappa shape index (κ1) is 10.5. The van der Waals surface area contributed by atoms with Gasteiger partial charge >= 0.3 is 0 Å². The number of rotatable bonds is 3. The second-order valence-electron chi connectivity index (χ2n) is 3.87. The van der Waals surface area contributed by atoms with Gasteiger partial charge in [0.1, 0.15) is 5.82 Å². The van der Waals surface area contributed by atoms with Crippen molar-refractivity contribution in [1.82, 2.24) is 15.6 Å². The topological polar surface area (TPSA) is 37.0 Å². The van der Waals surface area contributed by atoms with E-state index in [0.29, 0.717) is 6.04 Å². The van der Waals surface area contributed by atoms with E-state index in [-0.39, 0.29) is 5.82 Å². The Kier molecular flexibility index (Phi) is 3.64. The van der Waals surface area contributed by atoms with Crippen LogP contribution in [0, 0.1) is 5.82 Å². The molecule has 82 valence electrons. The Bertz CT molecular complexity index is 293. The van der Waals surface area contributed by atoms with Crippen LogP contribution in [-0.2, 0) is 6.54 Å². The van der Waals surface area contributed by atoms with E-state index in [4.69, 9.17) is 0 Å². The first-order valence-corrected chi connectivity index (χ1v) is 5.39. The lowest BCUT2D eigenvalue weighted by atomic mass is 10.1. The smallest absolute Gasteiger partial charge is 0.141 e. The summed E-state index contributed by atoms with van der Waals surface area (Å²) in [5.74, 6) is -0.277. The minimum Gasteiger partial charge on any atom is -0.317 e. The van der Waals surface area contributed by atoms with Crippen molar-refractivity contribution in [3.63, 3.8) is 0 Å². The zero-order valence-electron chi connectivity index (χ0n) is 8.67. The highest BCUT2D eigenvalue weighted by atomic mass is 19.1. The number of halogens is 1. The Morgan fingerprint density at radius 2 is 2.20 bits per heavy atom. The van der Waals surface area contributed by atoms with Gasteiger partial charge < -0.3 is 10.6 Å². The Morgan fingerprint density at radius 1 is 1.40 bits per heavy atom. The largest absolute Gasteiger partial charge is 0.317 e. The van der Waals surface area contributed by atoms with Gasteiger partial charge in [-0.15, -0.1) is 0 Å². The van der Waals surface area contributed by atoms with E-state index >= 15 is 0 Å². The Morgan fingerprint density at radius 3 is 2.87 bits per heavy atom. The molecule has 1 aromatic rings. The van der Waals surface area contributed by atoms with Crippen molar-refractivity contribution in [3.05, 3.63) is 29.8 Å². The first-order valence-electron chi connectivity index (χ1n) is 5.39. The second kappa shape index (κ2) is 5.19. The van der Waals surface area contributed by atoms with E-state index in [9.17, 15) is 4.39 Å². The molecular weight excluding hydrogens is 193 g/mol. The maximum Gasteiger partial charge on any atom is 0.141 e. The number of hydrogen-bond donors (Lipinski definition) is 2. The van der Waals surface area contributed by atoms with E-state index < -0.39 is 0 Å². The highest BCUT2D eigenvalue weighted by Gasteiger charge is 2.11. The fraction of sp³-hybridized carbons (Fsp3) is 0.545. The molecule has 1 fully saturated rings. The molecule has 0 radical (unpaired) electrons. The molecular formula is C11H16FN3. The monoisotopic (exact) mass is 209 g/mol. The molecule has 0 spiro atoms. The molecule has 3 nitrogen and oxygen atoms in total. The van der Waals surface area contributed by atoms with Gasteiger partial charge in [0.2, 0.25) is 0 Å². The summed E-state index contributed by atoms with van der Waals surface area (Å²) in [6.07, 6.45) is 3.57. The molecule has 1 aromatic heterocycles. The van der Waals surface area contributed by atoms with Crippen LogP contribution >= 0.6 is 0 Å². The third-order valence-corrected chi connectivity index (χ3v) is 2.70. The van der Waals surface area contributed by atoms with Gasteiger partial charge in [0.25, 0.3) is 0 Å². The van der Waals surface area contributed by atoms with Crippen LogP contribution < -0.4 is 10.6 Å². The zero-order valence-corrected chi connectivity index (χ0v) is 8.67. The summed E-state index contributed by atoms with van der Waals surface area (Å²) in [6.45, 7) is 2.88. The van der Waals surface area contributed by atoms with E-state index in [0.717, 1.165) is 38.2 Å². The van der Waals surface area contributed by atoms with Crippen LogP contribution in [0.25, 0.3) is 0 Å². The van der Waals surface area contributed by atoms with Crippen LogP contribution in [0.2, 0.25) is 0 Å². The minimum absolute atomic E-state index is 0.277. The zero-order chi connectivity index (χ0) is 10.5. The summed E-state index contributed by atoms with van der Waals surface area (Å²) in [7, 11) is 0. The molecule has 2 heterocycles. The maximum absolute atomic E-state index is 12.6. The van der Waals surface area contributed by atoms with Crippen molar-refractivity contribution in [1.29, 1.82) is 0 Å². The molecule has 1 aliphatic heterocycles. The predicted molar refractivity (Wildman–Crippen MR) is 56.9 cm³/mol. The summed E-state index contributed by atoms with van der Waals surface area (Å²) >= 11 is 0. The molecule has 0 bridgehead atoms. The standard InChI is InChI=1S/C11H16FN3/c12-9-1-2-11(14-7-9)8-15-10-3-5-13-6-4-10/h1-2,7,10,13,15H,3-6,8H2. The van der Waals surface area contributed by atoms with Crippen LogP contribution in [-0.4, -0.2) is 24.1 Å². The molecule has 0 unspecified atom stereocenters. The van der Waals surface area contributed by atoms with E-state index in [1.165, 1.54) is 12.3 Å². The normalized spacial score (nSPS) is 17.9. The molecule has 1 aliphatic rings. The summed E-state index contributed by atoms with van der Waals surface area (Å²) < 4.78 is 12.6. The quantitative estimate of drug-likeness (QED) is 0.781. The minimum atomic E-state index is -0.277. The highest BCUT2D eigenvalue weighted by Crippen LogP contribution is 2.04. The summed E-state index contributed by atoms with van der Waals surface area (Å²) in [5.41, 5.74) is 0.898. The van der Waals surface area contributed by atoms with Crippen LogP contribution in [0.3, 0.4) is 0 Å². The molecule has 4 heteroatoms. The lowest BCUT2D eigenvalue weighted by molar-refractivity contribution is 0.384. The van der Waals surface area contributed by atoms with Crippen LogP contribution in [0.5, 0.6) is 0 Å². The van der Waals surface area contributed by atoms with Crippen LogP contribution in [0.1, 0.15) is 18.5 Å². The van der Waals surface area contributed by atoms with Gasteiger partial charge in [-0.2, -0.15) is 0 Å². The molecule has 0 amide bonds. The SMILES string of the molecule is Fc1ccc(CNC2CCNCC2)nc1. The second-order valence-corrected chi connectivity index (χ2v) is 3.87. The van der Waals surface area contributed by atoms with Gasteiger partial charge in [-0.1, -0.05) is 0 Å². The summed E-state index contributed by atoms with van der Waals surface area (Å²) in [5, 5.41) is 6.75. The molecule has 2 N–H and O–H groups in total. The highest BCUT2D eigenvalue weighted by molar-refractivity contribution is 5.05. The van der Waals surface area contributed by atoms with Gasteiger partial charge in [0.05, 0.1) is 11.9 Å². The molecule has 0 saturated carbocycles. The number of piperidine rings is 1. The average molecular weight is 209 g/mol. The fourth-order valence-electron chi connectivity index (χ4n) is 1.79. The van der Waals surface area contributed by atoms with Gasteiger partial charge in [-0.05, 0) is 38.1 Å². The van der Waals surface area contributed by atoms with E-state index in [1.54, 1.807) is 6.07 Å². The third kappa shape index (κ3) is 3.25. The molecule has 1 saturated heterocycles. The van der Waals surface area contributed by atoms with Gasteiger partial charge in [0.15, 0.2) is 0 Å². The Balaban J connectivity index is 1.79. The van der Waals surface area contributed by atoms with Crippen molar-refractivity contribution < 1.29 is 4.39 Å². The van der Waals surface area contributed by atoms with Crippen molar-refractivity contribution in [2.24, 2.45) is 0 Å². The first-order chi connectivity index (χ1) is 7.34. The van der Waals surface area contributed by atoms with Gasteiger partial charge in [0, 0.05) is 12.6 Å². The van der Waals surface area contributed by atoms with Crippen molar-refractivity contribution in [3.8, 4) is 0 Å². The van der Waals surface area contributed by atoms with Crippen molar-refractivity contribution in [2.45, 2.75) is 25.4 Å². The Hall–Kier alpha value is -1.00. The van der Waals surface area contributed by atoms with Gasteiger partial charge in [-0.25, -0.2) is 4.39 Å². The van der Waals surface area contributed by atoms with Gasteiger partial charge in [-0.3, -0.25) is 4.98 Å². The maximum atomic E-state index is 12.6. The lowest BCUT2D eigenvalue weighted by Gasteiger charge is -2.23. The molecule has 2 rings (SSSR count). The third-order valence-electron chi connectivity index (χ3n) is 2.70. The predicted octanol–water partition coefficient (Wildman–Crippen LogP) is 1.06. The van der Waals surface area contributed by atoms with E-state index in [1.807, 2.05) is 0 Å². The average Bonchev–Trinajstić information content (AvgIpc) is 2.30. The molecule has 0 aromatic carbocycles. The van der Waals surface area contributed by atoms with Crippen molar-refractivity contribution >= 4 is 0 Å². The van der Waals surface area contributed by atoms with E-state index in [2.05, 4.69) is 15.6 Å². The molecule has 0 aliphatic carbocycles. The number of nitrogens with one attached hydrogen (secondary N) is 2. The molecule has 15 heavy (non-hydrogen) atoms. The summed E-state index contributed by atoms with van der Waals surface area (Å²) in [4.78, 5) is 4.01. The fourth-order valence-corrected chi connectivity index (χ4v) is 1.79. The van der Waals surface area contributed by atoms with Crippen molar-refractivity contribution in [2.75, 3.05) is 13.1 Å². The number of nitrogens with zero attached hydrogens (tertiary/aromatic N) is 1. The number of pyridine rings is 1. The molecule has 0 atom stereocenters. The lowest BCUT2D eigenvalue weighted by Crippen LogP contribution is -2.39. The number of hydrogen-bond acceptors (Lipinski definition) is 3. The van der Waals surface area contributed by atoms with Crippen LogP contribution in [0.15, 0.2) is 18.3 Å². The van der Waals surface area contributed by atoms with Crippen LogP contribution in [0.4, 0.5) is 4.39 Å². The Labute approximate surface area is 89.1 Å². The summed E-state index contributed by atoms with van der Waals surface area (Å²) in [6, 6.07) is 3.74. The number of aromatic nitrogens is 1.